The number of hydrogen-bond donors (Lipinski definition) is 2. The molecule has 0 amide bonds. The van der Waals surface area contributed by atoms with Crippen LogP contribution in [0.1, 0.15) is 44.1 Å². The second kappa shape index (κ2) is 10.3. The molecule has 1 aliphatic carbocycles. The normalized spacial score (nSPS) is 23.2. The highest BCUT2D eigenvalue weighted by Gasteiger charge is 2.32. The van der Waals surface area contributed by atoms with E-state index in [1.165, 1.54) is 37.7 Å². The number of hydrogen-bond acceptors (Lipinski definition) is 5. The van der Waals surface area contributed by atoms with E-state index < -0.39 is 0 Å². The highest BCUT2D eigenvalue weighted by molar-refractivity contribution is 5.27. The molecule has 5 heteroatoms. The first kappa shape index (κ1) is 19.6. The van der Waals surface area contributed by atoms with Gasteiger partial charge < -0.3 is 14.9 Å². The maximum atomic E-state index is 9.54. The summed E-state index contributed by atoms with van der Waals surface area (Å²) in [4.78, 5) is 5.21. The van der Waals surface area contributed by atoms with Crippen LogP contribution in [0.3, 0.4) is 0 Å². The number of rotatable bonds is 8. The topological polar surface area (TPSA) is 56.2 Å². The molecule has 1 saturated carbocycles. The second-order valence-electron chi connectivity index (χ2n) is 7.65. The van der Waals surface area contributed by atoms with Gasteiger partial charge in [-0.25, -0.2) is 0 Å². The van der Waals surface area contributed by atoms with Crippen molar-refractivity contribution in [2.45, 2.75) is 57.2 Å². The molecule has 26 heavy (non-hydrogen) atoms. The lowest BCUT2D eigenvalue weighted by atomic mass is 9.91. The summed E-state index contributed by atoms with van der Waals surface area (Å²) < 4.78 is 5.43. The van der Waals surface area contributed by atoms with Gasteiger partial charge >= 0.3 is 0 Å². The molecule has 146 valence electrons. The Morgan fingerprint density at radius 1 is 0.962 bits per heavy atom. The Kier molecular flexibility index (Phi) is 7.74. The van der Waals surface area contributed by atoms with Crippen LogP contribution in [0.15, 0.2) is 24.3 Å². The first-order valence-corrected chi connectivity index (χ1v) is 10.2. The van der Waals surface area contributed by atoms with E-state index in [9.17, 15) is 5.11 Å². The first-order chi connectivity index (χ1) is 12.8. The first-order valence-electron chi connectivity index (χ1n) is 10.2. The predicted molar refractivity (Wildman–Crippen MR) is 103 cm³/mol. The third kappa shape index (κ3) is 5.43. The van der Waals surface area contributed by atoms with Crippen molar-refractivity contribution in [3.05, 3.63) is 29.8 Å². The second-order valence-corrected chi connectivity index (χ2v) is 7.65. The molecule has 0 spiro atoms. The highest BCUT2D eigenvalue weighted by Crippen LogP contribution is 2.27. The third-order valence-corrected chi connectivity index (χ3v) is 5.81. The lowest BCUT2D eigenvalue weighted by molar-refractivity contribution is 0.0137. The van der Waals surface area contributed by atoms with Crippen molar-refractivity contribution >= 4 is 0 Å². The van der Waals surface area contributed by atoms with Gasteiger partial charge in [-0.15, -0.1) is 0 Å². The maximum absolute atomic E-state index is 9.54. The molecule has 2 fully saturated rings. The average Bonchev–Trinajstić information content (AvgIpc) is 2.69. The van der Waals surface area contributed by atoms with Gasteiger partial charge in [0, 0.05) is 44.9 Å². The molecule has 1 unspecified atom stereocenters. The Hall–Kier alpha value is -1.14. The van der Waals surface area contributed by atoms with E-state index in [1.807, 2.05) is 12.1 Å². The van der Waals surface area contributed by atoms with Crippen molar-refractivity contribution in [2.24, 2.45) is 0 Å². The summed E-state index contributed by atoms with van der Waals surface area (Å²) in [5.74, 6) is 0.808. The molecule has 0 bridgehead atoms. The minimum Gasteiger partial charge on any atom is -0.491 e. The molecular weight excluding hydrogens is 328 g/mol. The highest BCUT2D eigenvalue weighted by atomic mass is 16.5. The van der Waals surface area contributed by atoms with Crippen molar-refractivity contribution in [1.82, 2.24) is 9.80 Å². The number of aliphatic hydroxyl groups is 2. The zero-order valence-corrected chi connectivity index (χ0v) is 15.9. The van der Waals surface area contributed by atoms with Crippen LogP contribution in [-0.4, -0.2) is 71.6 Å². The van der Waals surface area contributed by atoms with Gasteiger partial charge in [0.1, 0.15) is 12.4 Å². The zero-order chi connectivity index (χ0) is 18.2. The van der Waals surface area contributed by atoms with Crippen LogP contribution >= 0.6 is 0 Å². The SMILES string of the molecule is OCCOc1ccc(CN2CCN(C3CCCCC3)C(CCO)C2)cc1. The van der Waals surface area contributed by atoms with Gasteiger partial charge in [-0.05, 0) is 37.0 Å². The molecule has 1 saturated heterocycles. The fourth-order valence-corrected chi connectivity index (χ4v) is 4.49. The van der Waals surface area contributed by atoms with Crippen LogP contribution in [-0.2, 0) is 6.54 Å². The Bertz CT molecular complexity index is 516. The van der Waals surface area contributed by atoms with Gasteiger partial charge in [-0.1, -0.05) is 31.4 Å². The molecule has 1 atom stereocenters. The van der Waals surface area contributed by atoms with E-state index in [-0.39, 0.29) is 13.2 Å². The summed E-state index contributed by atoms with van der Waals surface area (Å²) in [6, 6.07) is 9.39. The number of piperazine rings is 1. The van der Waals surface area contributed by atoms with E-state index >= 15 is 0 Å². The van der Waals surface area contributed by atoms with Crippen LogP contribution in [0.25, 0.3) is 0 Å². The van der Waals surface area contributed by atoms with Crippen molar-refractivity contribution in [3.8, 4) is 5.75 Å². The molecule has 1 aliphatic heterocycles. The summed E-state index contributed by atoms with van der Waals surface area (Å²) in [6.45, 7) is 4.86. The average molecular weight is 363 g/mol. The standard InChI is InChI=1S/C21H34N2O3/c24-13-10-20-17-22(11-12-23(20)19-4-2-1-3-5-19)16-18-6-8-21(9-7-18)26-15-14-25/h6-9,19-20,24-25H,1-5,10-17H2. The molecule has 0 radical (unpaired) electrons. The summed E-state index contributed by atoms with van der Waals surface area (Å²) >= 11 is 0. The smallest absolute Gasteiger partial charge is 0.119 e. The fourth-order valence-electron chi connectivity index (χ4n) is 4.49. The van der Waals surface area contributed by atoms with Crippen LogP contribution < -0.4 is 4.74 Å². The van der Waals surface area contributed by atoms with Gasteiger partial charge in [-0.2, -0.15) is 0 Å². The molecule has 1 aromatic rings. The summed E-state index contributed by atoms with van der Waals surface area (Å²) in [5.41, 5.74) is 1.29. The lowest BCUT2D eigenvalue weighted by Crippen LogP contribution is -2.56. The number of benzene rings is 1. The van der Waals surface area contributed by atoms with Gasteiger partial charge in [0.2, 0.25) is 0 Å². The van der Waals surface area contributed by atoms with Crippen molar-refractivity contribution in [1.29, 1.82) is 0 Å². The predicted octanol–water partition coefficient (Wildman–Crippen LogP) is 2.26. The van der Waals surface area contributed by atoms with Crippen LogP contribution in [0, 0.1) is 0 Å². The summed E-state index contributed by atoms with van der Waals surface area (Å²) in [6.07, 6.45) is 7.65. The van der Waals surface area contributed by atoms with Gasteiger partial charge in [0.05, 0.1) is 6.61 Å². The van der Waals surface area contributed by atoms with E-state index in [1.54, 1.807) is 0 Å². The molecule has 1 aromatic carbocycles. The maximum Gasteiger partial charge on any atom is 0.119 e. The summed E-state index contributed by atoms with van der Waals surface area (Å²) in [7, 11) is 0. The van der Waals surface area contributed by atoms with Crippen LogP contribution in [0.5, 0.6) is 5.75 Å². The largest absolute Gasteiger partial charge is 0.491 e. The molecule has 2 aliphatic rings. The van der Waals surface area contributed by atoms with Gasteiger partial charge in [-0.3, -0.25) is 9.80 Å². The van der Waals surface area contributed by atoms with Crippen molar-refractivity contribution < 1.29 is 14.9 Å². The number of aliphatic hydroxyl groups excluding tert-OH is 2. The van der Waals surface area contributed by atoms with Crippen molar-refractivity contribution in [3.63, 3.8) is 0 Å². The van der Waals surface area contributed by atoms with Gasteiger partial charge in [0.25, 0.3) is 0 Å². The van der Waals surface area contributed by atoms with Crippen LogP contribution in [0.4, 0.5) is 0 Å². The lowest BCUT2D eigenvalue weighted by Gasteiger charge is -2.46. The molecule has 2 N–H and O–H groups in total. The summed E-state index contributed by atoms with van der Waals surface area (Å²) in [5, 5.41) is 18.4. The van der Waals surface area contributed by atoms with Crippen LogP contribution in [0.2, 0.25) is 0 Å². The molecule has 1 heterocycles. The Morgan fingerprint density at radius 3 is 2.42 bits per heavy atom. The van der Waals surface area contributed by atoms with E-state index in [4.69, 9.17) is 9.84 Å². The molecule has 3 rings (SSSR count). The zero-order valence-electron chi connectivity index (χ0n) is 15.9. The monoisotopic (exact) mass is 362 g/mol. The third-order valence-electron chi connectivity index (χ3n) is 5.81. The molecule has 0 aromatic heterocycles. The fraction of sp³-hybridized carbons (Fsp3) is 0.714. The number of ether oxygens (including phenoxy) is 1. The molecular formula is C21H34N2O3. The van der Waals surface area contributed by atoms with E-state index in [0.29, 0.717) is 12.6 Å². The van der Waals surface area contributed by atoms with E-state index in [0.717, 1.165) is 44.4 Å². The Morgan fingerprint density at radius 2 is 1.73 bits per heavy atom. The quantitative estimate of drug-likeness (QED) is 0.743. The Labute approximate surface area is 157 Å². The van der Waals surface area contributed by atoms with Gasteiger partial charge in [0.15, 0.2) is 0 Å². The Balaban J connectivity index is 1.54. The van der Waals surface area contributed by atoms with Crippen molar-refractivity contribution in [2.75, 3.05) is 39.5 Å². The minimum absolute atomic E-state index is 0.0409. The minimum atomic E-state index is 0.0409. The number of nitrogens with zero attached hydrogens (tertiary/aromatic N) is 2. The molecule has 5 nitrogen and oxygen atoms in total. The van der Waals surface area contributed by atoms with E-state index in [2.05, 4.69) is 21.9 Å².